The van der Waals surface area contributed by atoms with Crippen molar-refractivity contribution in [2.75, 3.05) is 11.1 Å². The number of nitrogen functional groups attached to an aromatic ring is 1. The van der Waals surface area contributed by atoms with Crippen LogP contribution in [0.2, 0.25) is 0 Å². The first kappa shape index (κ1) is 15.1. The molecule has 0 saturated heterocycles. The molecule has 2 aromatic rings. The van der Waals surface area contributed by atoms with E-state index in [1.807, 2.05) is 44.2 Å². The van der Waals surface area contributed by atoms with E-state index in [1.54, 1.807) is 12.1 Å². The Morgan fingerprint density at radius 1 is 1.00 bits per heavy atom. The summed E-state index contributed by atoms with van der Waals surface area (Å²) < 4.78 is 0. The largest absolute Gasteiger partial charge is 0.399 e. The van der Waals surface area contributed by atoms with Gasteiger partial charge in [0, 0.05) is 24.0 Å². The van der Waals surface area contributed by atoms with E-state index in [-0.39, 0.29) is 17.9 Å². The number of nitrogens with one attached hydrogen (secondary N) is 1. The summed E-state index contributed by atoms with van der Waals surface area (Å²) in [5.74, 6) is -0.443. The van der Waals surface area contributed by atoms with Crippen molar-refractivity contribution in [3.05, 3.63) is 59.2 Å². The van der Waals surface area contributed by atoms with E-state index in [1.165, 1.54) is 4.90 Å². The Morgan fingerprint density at radius 2 is 1.65 bits per heavy atom. The summed E-state index contributed by atoms with van der Waals surface area (Å²) >= 11 is 0. The Morgan fingerprint density at radius 3 is 2.30 bits per heavy atom. The molecule has 0 aromatic heterocycles. The van der Waals surface area contributed by atoms with Crippen LogP contribution in [0.1, 0.15) is 40.1 Å². The quantitative estimate of drug-likeness (QED) is 0.672. The zero-order chi connectivity index (χ0) is 16.6. The van der Waals surface area contributed by atoms with Crippen LogP contribution in [-0.2, 0) is 6.54 Å². The summed E-state index contributed by atoms with van der Waals surface area (Å²) in [6, 6.07) is 12.7. The number of rotatable bonds is 4. The fourth-order valence-electron chi connectivity index (χ4n) is 2.68. The van der Waals surface area contributed by atoms with Crippen LogP contribution in [0.3, 0.4) is 0 Å². The predicted octanol–water partition coefficient (Wildman–Crippen LogP) is 2.89. The van der Waals surface area contributed by atoms with Crippen molar-refractivity contribution in [3.63, 3.8) is 0 Å². The van der Waals surface area contributed by atoms with Crippen molar-refractivity contribution in [1.29, 1.82) is 0 Å². The number of carbonyl (C=O) groups is 2. The summed E-state index contributed by atoms with van der Waals surface area (Å²) in [7, 11) is 0. The number of hydrogen-bond donors (Lipinski definition) is 2. The van der Waals surface area contributed by atoms with Crippen LogP contribution in [0.4, 0.5) is 11.4 Å². The van der Waals surface area contributed by atoms with Crippen LogP contribution in [0.25, 0.3) is 0 Å². The van der Waals surface area contributed by atoms with E-state index < -0.39 is 0 Å². The molecule has 3 rings (SSSR count). The molecule has 23 heavy (non-hydrogen) atoms. The number of nitrogens with zero attached hydrogens (tertiary/aromatic N) is 1. The van der Waals surface area contributed by atoms with Crippen LogP contribution in [0, 0.1) is 0 Å². The fourth-order valence-corrected chi connectivity index (χ4v) is 2.68. The molecule has 1 heterocycles. The van der Waals surface area contributed by atoms with Crippen molar-refractivity contribution in [2.45, 2.75) is 26.4 Å². The third-order valence-corrected chi connectivity index (χ3v) is 3.91. The average molecular weight is 309 g/mol. The SMILES string of the molecule is CC(C)N1C(=O)c2ccc(NCc3ccc(N)cc3)cc2C1=O. The molecule has 118 valence electrons. The van der Waals surface area contributed by atoms with Gasteiger partial charge >= 0.3 is 0 Å². The smallest absolute Gasteiger partial charge is 0.261 e. The molecular weight excluding hydrogens is 290 g/mol. The minimum atomic E-state index is -0.226. The van der Waals surface area contributed by atoms with Gasteiger partial charge in [-0.3, -0.25) is 14.5 Å². The average Bonchev–Trinajstić information content (AvgIpc) is 2.78. The van der Waals surface area contributed by atoms with Gasteiger partial charge in [0.1, 0.15) is 0 Å². The maximum Gasteiger partial charge on any atom is 0.261 e. The normalized spacial score (nSPS) is 13.6. The highest BCUT2D eigenvalue weighted by molar-refractivity contribution is 6.21. The van der Waals surface area contributed by atoms with Crippen molar-refractivity contribution >= 4 is 23.2 Å². The molecule has 0 unspecified atom stereocenters. The van der Waals surface area contributed by atoms with Crippen LogP contribution in [0.5, 0.6) is 0 Å². The van der Waals surface area contributed by atoms with E-state index >= 15 is 0 Å². The molecule has 2 amide bonds. The monoisotopic (exact) mass is 309 g/mol. The molecule has 0 bridgehead atoms. The Bertz CT molecular complexity index is 766. The number of carbonyl (C=O) groups excluding carboxylic acids is 2. The van der Waals surface area contributed by atoms with Crippen LogP contribution < -0.4 is 11.1 Å². The van der Waals surface area contributed by atoms with E-state index in [2.05, 4.69) is 5.32 Å². The van der Waals surface area contributed by atoms with E-state index in [9.17, 15) is 9.59 Å². The van der Waals surface area contributed by atoms with Crippen molar-refractivity contribution in [1.82, 2.24) is 4.90 Å². The van der Waals surface area contributed by atoms with Crippen LogP contribution in [0.15, 0.2) is 42.5 Å². The molecule has 3 N–H and O–H groups in total. The lowest BCUT2D eigenvalue weighted by atomic mass is 10.1. The Labute approximate surface area is 135 Å². The highest BCUT2D eigenvalue weighted by Crippen LogP contribution is 2.27. The van der Waals surface area contributed by atoms with Gasteiger partial charge in [0.15, 0.2) is 0 Å². The van der Waals surface area contributed by atoms with Gasteiger partial charge in [-0.15, -0.1) is 0 Å². The first-order chi connectivity index (χ1) is 11.0. The summed E-state index contributed by atoms with van der Waals surface area (Å²) in [5, 5.41) is 3.27. The van der Waals surface area contributed by atoms with Gasteiger partial charge in [0.25, 0.3) is 11.8 Å². The molecule has 0 spiro atoms. The topological polar surface area (TPSA) is 75.4 Å². The molecule has 0 saturated carbocycles. The third kappa shape index (κ3) is 2.77. The van der Waals surface area contributed by atoms with Crippen LogP contribution in [-0.4, -0.2) is 22.8 Å². The molecule has 5 nitrogen and oxygen atoms in total. The number of amides is 2. The predicted molar refractivity (Wildman–Crippen MR) is 90.3 cm³/mol. The van der Waals surface area contributed by atoms with E-state index in [0.717, 1.165) is 16.9 Å². The second-order valence-electron chi connectivity index (χ2n) is 5.93. The number of anilines is 2. The minimum absolute atomic E-state index is 0.145. The molecule has 1 aliphatic rings. The van der Waals surface area contributed by atoms with Gasteiger partial charge in [-0.1, -0.05) is 12.1 Å². The summed E-state index contributed by atoms with van der Waals surface area (Å²) in [6.45, 7) is 4.29. The summed E-state index contributed by atoms with van der Waals surface area (Å²) in [5.41, 5.74) is 9.23. The van der Waals surface area contributed by atoms with Gasteiger partial charge in [0.05, 0.1) is 11.1 Å². The molecule has 0 radical (unpaired) electrons. The zero-order valence-corrected chi connectivity index (χ0v) is 13.2. The fraction of sp³-hybridized carbons (Fsp3) is 0.222. The highest BCUT2D eigenvalue weighted by Gasteiger charge is 2.37. The number of imide groups is 1. The van der Waals surface area contributed by atoms with Gasteiger partial charge in [0.2, 0.25) is 0 Å². The lowest BCUT2D eigenvalue weighted by Crippen LogP contribution is -2.35. The first-order valence-electron chi connectivity index (χ1n) is 7.57. The lowest BCUT2D eigenvalue weighted by molar-refractivity contribution is 0.0609. The summed E-state index contributed by atoms with van der Waals surface area (Å²) in [4.78, 5) is 25.9. The minimum Gasteiger partial charge on any atom is -0.399 e. The molecular formula is C18H19N3O2. The lowest BCUT2D eigenvalue weighted by Gasteiger charge is -2.17. The van der Waals surface area contributed by atoms with Crippen molar-refractivity contribution < 1.29 is 9.59 Å². The second-order valence-corrected chi connectivity index (χ2v) is 5.93. The summed E-state index contributed by atoms with van der Waals surface area (Å²) in [6.07, 6.45) is 0. The molecule has 2 aromatic carbocycles. The van der Waals surface area contributed by atoms with Gasteiger partial charge in [-0.25, -0.2) is 0 Å². The van der Waals surface area contributed by atoms with E-state index in [0.29, 0.717) is 17.7 Å². The first-order valence-corrected chi connectivity index (χ1v) is 7.57. The molecule has 5 heteroatoms. The van der Waals surface area contributed by atoms with Crippen molar-refractivity contribution in [2.24, 2.45) is 0 Å². The highest BCUT2D eigenvalue weighted by atomic mass is 16.2. The second kappa shape index (κ2) is 5.76. The Balaban J connectivity index is 1.79. The van der Waals surface area contributed by atoms with Gasteiger partial charge in [-0.05, 0) is 49.7 Å². The van der Waals surface area contributed by atoms with Gasteiger partial charge < -0.3 is 11.1 Å². The zero-order valence-electron chi connectivity index (χ0n) is 13.2. The molecule has 1 aliphatic heterocycles. The van der Waals surface area contributed by atoms with Crippen LogP contribution >= 0.6 is 0 Å². The maximum atomic E-state index is 12.4. The molecule has 0 aliphatic carbocycles. The third-order valence-electron chi connectivity index (χ3n) is 3.91. The molecule has 0 atom stereocenters. The Kier molecular flexibility index (Phi) is 3.78. The van der Waals surface area contributed by atoms with Gasteiger partial charge in [-0.2, -0.15) is 0 Å². The number of fused-ring (bicyclic) bond motifs is 1. The van der Waals surface area contributed by atoms with Crippen molar-refractivity contribution in [3.8, 4) is 0 Å². The number of nitrogens with two attached hydrogens (primary N) is 1. The molecule has 0 fully saturated rings. The standard InChI is InChI=1S/C18H19N3O2/c1-11(2)21-17(22)15-8-7-14(9-16(15)18(21)23)20-10-12-3-5-13(19)6-4-12/h3-9,11,20H,10,19H2,1-2H3. The maximum absolute atomic E-state index is 12.4. The Hall–Kier alpha value is -2.82. The number of benzene rings is 2. The van der Waals surface area contributed by atoms with E-state index in [4.69, 9.17) is 5.73 Å². The number of hydrogen-bond acceptors (Lipinski definition) is 4.